The summed E-state index contributed by atoms with van der Waals surface area (Å²) in [6, 6.07) is 9.98. The third-order valence-corrected chi connectivity index (χ3v) is 7.07. The Hall–Kier alpha value is -4.11. The highest BCUT2D eigenvalue weighted by molar-refractivity contribution is 7.07. The van der Waals surface area contributed by atoms with Crippen LogP contribution < -0.4 is 24.4 Å². The number of hydrogen-bond acceptors (Lipinski definition) is 8. The van der Waals surface area contributed by atoms with Gasteiger partial charge in [0.1, 0.15) is 11.8 Å². The smallest absolute Gasteiger partial charge is 0.338 e. The van der Waals surface area contributed by atoms with E-state index in [1.54, 1.807) is 51.3 Å². The van der Waals surface area contributed by atoms with Gasteiger partial charge in [0.2, 0.25) is 0 Å². The minimum absolute atomic E-state index is 0.0521. The molecule has 1 aliphatic rings. The first-order valence-electron chi connectivity index (χ1n) is 12.3. The average Bonchev–Trinajstić information content (AvgIpc) is 3.20. The number of nitrogens with zero attached hydrogens (tertiary/aromatic N) is 2. The van der Waals surface area contributed by atoms with Gasteiger partial charge in [0.25, 0.3) is 5.56 Å². The number of carbonyl (C=O) groups is 1. The summed E-state index contributed by atoms with van der Waals surface area (Å²) in [4.78, 5) is 32.1. The molecular weight excluding hydrogens is 504 g/mol. The van der Waals surface area contributed by atoms with E-state index in [1.165, 1.54) is 15.9 Å². The van der Waals surface area contributed by atoms with Gasteiger partial charge in [-0.2, -0.15) is 0 Å². The first kappa shape index (κ1) is 26.9. The summed E-state index contributed by atoms with van der Waals surface area (Å²) in [7, 11) is 1.55. The van der Waals surface area contributed by atoms with E-state index in [1.807, 2.05) is 25.1 Å². The Labute approximate surface area is 224 Å². The standard InChI is InChI=1S/C29H30N2O6S/c1-6-11-19-14-18(15-22(26(19)32)36-7-2)16-23-27(33)31-25(20-12-9-10-13-21(20)35-5)24(28(34)37-8-3)17(4)30-29(31)38-23/h6,9-10,12-16,25,32H,1,7-8,11H2,2-5H3/b23-16+/t25-/m0/s1. The van der Waals surface area contributed by atoms with Crippen LogP contribution in [0.5, 0.6) is 17.2 Å². The van der Waals surface area contributed by atoms with Gasteiger partial charge in [-0.15, -0.1) is 6.58 Å². The Morgan fingerprint density at radius 3 is 2.66 bits per heavy atom. The summed E-state index contributed by atoms with van der Waals surface area (Å²) >= 11 is 1.22. The van der Waals surface area contributed by atoms with E-state index in [9.17, 15) is 14.7 Å². The molecule has 9 heteroatoms. The number of allylic oxidation sites excluding steroid dienone is 2. The molecule has 1 N–H and O–H groups in total. The molecule has 0 radical (unpaired) electrons. The summed E-state index contributed by atoms with van der Waals surface area (Å²) in [5.74, 6) is 0.389. The zero-order valence-electron chi connectivity index (χ0n) is 21.8. The quantitative estimate of drug-likeness (QED) is 0.333. The second kappa shape index (κ2) is 11.5. The molecule has 0 saturated heterocycles. The Morgan fingerprint density at radius 1 is 1.21 bits per heavy atom. The van der Waals surface area contributed by atoms with Crippen molar-refractivity contribution >= 4 is 23.4 Å². The first-order valence-corrected chi connectivity index (χ1v) is 13.1. The number of phenols is 1. The number of esters is 1. The van der Waals surface area contributed by atoms with Crippen molar-refractivity contribution in [2.45, 2.75) is 33.2 Å². The molecule has 8 nitrogen and oxygen atoms in total. The van der Waals surface area contributed by atoms with Crippen LogP contribution in [-0.4, -0.2) is 36.0 Å². The van der Waals surface area contributed by atoms with Gasteiger partial charge in [-0.3, -0.25) is 9.36 Å². The van der Waals surface area contributed by atoms with Crippen molar-refractivity contribution in [1.29, 1.82) is 0 Å². The maximum absolute atomic E-state index is 13.9. The molecule has 0 bridgehead atoms. The van der Waals surface area contributed by atoms with Crippen LogP contribution in [0.3, 0.4) is 0 Å². The van der Waals surface area contributed by atoms with Gasteiger partial charge in [0.15, 0.2) is 16.3 Å². The van der Waals surface area contributed by atoms with Gasteiger partial charge in [-0.05, 0) is 57.0 Å². The van der Waals surface area contributed by atoms with E-state index in [-0.39, 0.29) is 23.5 Å². The number of aromatic hydroxyl groups is 1. The van der Waals surface area contributed by atoms with Crippen LogP contribution in [0.4, 0.5) is 0 Å². The number of carbonyl (C=O) groups excluding carboxylic acids is 1. The molecule has 0 saturated carbocycles. The predicted molar refractivity (Wildman–Crippen MR) is 147 cm³/mol. The number of fused-ring (bicyclic) bond motifs is 1. The number of benzene rings is 2. The van der Waals surface area contributed by atoms with E-state index in [0.29, 0.717) is 56.2 Å². The minimum Gasteiger partial charge on any atom is -0.504 e. The number of thiazole rings is 1. The van der Waals surface area contributed by atoms with Crippen LogP contribution in [-0.2, 0) is 16.0 Å². The third kappa shape index (κ3) is 5.02. The summed E-state index contributed by atoms with van der Waals surface area (Å²) < 4.78 is 18.5. The summed E-state index contributed by atoms with van der Waals surface area (Å²) in [6.07, 6.45) is 3.86. The van der Waals surface area contributed by atoms with Gasteiger partial charge < -0.3 is 19.3 Å². The second-order valence-corrected chi connectivity index (χ2v) is 9.51. The Kier molecular flexibility index (Phi) is 8.16. The molecule has 0 spiro atoms. The monoisotopic (exact) mass is 534 g/mol. The third-order valence-electron chi connectivity index (χ3n) is 6.09. The first-order chi connectivity index (χ1) is 18.3. The summed E-state index contributed by atoms with van der Waals surface area (Å²) in [5, 5.41) is 10.6. The fraction of sp³-hybridized carbons (Fsp3) is 0.276. The van der Waals surface area contributed by atoms with Crippen molar-refractivity contribution in [2.24, 2.45) is 4.99 Å². The molecule has 0 fully saturated rings. The highest BCUT2D eigenvalue weighted by atomic mass is 32.1. The Balaban J connectivity index is 1.97. The highest BCUT2D eigenvalue weighted by Gasteiger charge is 2.34. The normalized spacial score (nSPS) is 15.1. The molecular formula is C29H30N2O6S. The number of phenolic OH excluding ortho intramolecular Hbond substituents is 1. The van der Waals surface area contributed by atoms with Crippen LogP contribution in [0.25, 0.3) is 6.08 Å². The number of ether oxygens (including phenoxy) is 3. The molecule has 3 aromatic rings. The predicted octanol–water partition coefficient (Wildman–Crippen LogP) is 3.64. The second-order valence-electron chi connectivity index (χ2n) is 8.50. The molecule has 4 rings (SSSR count). The maximum atomic E-state index is 13.9. The van der Waals surface area contributed by atoms with Crippen LogP contribution in [0.1, 0.15) is 43.5 Å². The van der Waals surface area contributed by atoms with E-state index in [2.05, 4.69) is 11.6 Å². The van der Waals surface area contributed by atoms with Crippen molar-refractivity contribution in [3.05, 3.63) is 96.7 Å². The lowest BCUT2D eigenvalue weighted by Gasteiger charge is -2.25. The minimum atomic E-state index is -0.779. The largest absolute Gasteiger partial charge is 0.504 e. The zero-order valence-corrected chi connectivity index (χ0v) is 22.6. The van der Waals surface area contributed by atoms with Crippen molar-refractivity contribution in [2.75, 3.05) is 20.3 Å². The van der Waals surface area contributed by atoms with Gasteiger partial charge in [0.05, 0.1) is 36.1 Å². The molecule has 0 aliphatic carbocycles. The van der Waals surface area contributed by atoms with Crippen molar-refractivity contribution in [3.8, 4) is 17.2 Å². The lowest BCUT2D eigenvalue weighted by atomic mass is 9.95. The molecule has 1 atom stereocenters. The van der Waals surface area contributed by atoms with Crippen LogP contribution >= 0.6 is 11.3 Å². The Bertz CT molecular complexity index is 1600. The number of aromatic nitrogens is 1. The molecule has 1 aromatic heterocycles. The number of methoxy groups -OCH3 is 1. The van der Waals surface area contributed by atoms with Gasteiger partial charge in [-0.1, -0.05) is 35.6 Å². The van der Waals surface area contributed by atoms with Crippen molar-refractivity contribution in [1.82, 2.24) is 4.57 Å². The van der Waals surface area contributed by atoms with Crippen LogP contribution in [0.2, 0.25) is 0 Å². The van der Waals surface area contributed by atoms with Gasteiger partial charge in [-0.25, -0.2) is 9.79 Å². The number of rotatable bonds is 9. The molecule has 0 amide bonds. The molecule has 198 valence electrons. The van der Waals surface area contributed by atoms with E-state index in [0.717, 1.165) is 0 Å². The Morgan fingerprint density at radius 2 is 1.97 bits per heavy atom. The molecule has 1 aliphatic heterocycles. The average molecular weight is 535 g/mol. The number of hydrogen-bond donors (Lipinski definition) is 1. The van der Waals surface area contributed by atoms with Crippen molar-refractivity contribution in [3.63, 3.8) is 0 Å². The van der Waals surface area contributed by atoms with Crippen molar-refractivity contribution < 1.29 is 24.1 Å². The van der Waals surface area contributed by atoms with Crippen LogP contribution in [0.15, 0.2) is 70.1 Å². The topological polar surface area (TPSA) is 99.4 Å². The summed E-state index contributed by atoms with van der Waals surface area (Å²) in [5.41, 5.74) is 2.42. The van der Waals surface area contributed by atoms with E-state index in [4.69, 9.17) is 14.2 Å². The fourth-order valence-corrected chi connectivity index (χ4v) is 5.53. The SMILES string of the molecule is C=CCc1cc(/C=c2/sc3n(c2=O)[C@@H](c2ccccc2OC)C(C(=O)OCC)=C(C)N=3)cc(OCC)c1O. The molecule has 38 heavy (non-hydrogen) atoms. The van der Waals surface area contributed by atoms with Gasteiger partial charge >= 0.3 is 5.97 Å². The lowest BCUT2D eigenvalue weighted by Crippen LogP contribution is -2.40. The highest BCUT2D eigenvalue weighted by Crippen LogP contribution is 2.36. The summed E-state index contributed by atoms with van der Waals surface area (Å²) in [6.45, 7) is 9.63. The van der Waals surface area contributed by atoms with E-state index >= 15 is 0 Å². The fourth-order valence-electron chi connectivity index (χ4n) is 4.48. The van der Waals surface area contributed by atoms with E-state index < -0.39 is 12.0 Å². The van der Waals surface area contributed by atoms with Crippen LogP contribution in [0, 0.1) is 0 Å². The molecule has 2 heterocycles. The zero-order chi connectivity index (χ0) is 27.4. The van der Waals surface area contributed by atoms with Gasteiger partial charge in [0, 0.05) is 11.1 Å². The lowest BCUT2D eigenvalue weighted by molar-refractivity contribution is -0.139. The molecule has 0 unspecified atom stereocenters. The number of para-hydroxylation sites is 1. The maximum Gasteiger partial charge on any atom is 0.338 e. The molecule has 2 aromatic carbocycles.